The van der Waals surface area contributed by atoms with Gasteiger partial charge in [0, 0.05) is 18.8 Å². The minimum Gasteiger partial charge on any atom is -0.465 e. The first kappa shape index (κ1) is 42.3. The maximum atomic E-state index is 13.9. The number of ether oxygens (including phenoxy) is 2. The fraction of sp³-hybridized carbons (Fsp3) is 0.688. The molecule has 3 unspecified atom stereocenters. The lowest BCUT2D eigenvalue weighted by Gasteiger charge is -2.45. The Morgan fingerprint density at radius 3 is 2.11 bits per heavy atom. The van der Waals surface area contributed by atoms with Gasteiger partial charge < -0.3 is 23.6 Å². The van der Waals surface area contributed by atoms with Crippen molar-refractivity contribution in [1.82, 2.24) is 24.3 Å². The van der Waals surface area contributed by atoms with Gasteiger partial charge in [0.1, 0.15) is 19.2 Å². The fourth-order valence-electron chi connectivity index (χ4n) is 5.45. The molecule has 0 aromatic carbocycles. The van der Waals surface area contributed by atoms with Crippen molar-refractivity contribution in [3.63, 3.8) is 0 Å². The molecule has 0 aliphatic carbocycles. The third kappa shape index (κ3) is 7.74. The normalized spacial score (nSPS) is 25.0. The molecule has 2 fully saturated rings. The van der Waals surface area contributed by atoms with E-state index in [0.29, 0.717) is 15.2 Å². The van der Waals surface area contributed by atoms with E-state index in [1.807, 2.05) is 67.7 Å². The van der Waals surface area contributed by atoms with Gasteiger partial charge in [-0.2, -0.15) is 8.42 Å². The zero-order chi connectivity index (χ0) is 40.4. The Balaban J connectivity index is 1.95. The summed E-state index contributed by atoms with van der Waals surface area (Å²) in [5.74, 6) is -1.74. The number of hydrogen-bond acceptors (Lipinski definition) is 13. The lowest BCUT2D eigenvalue weighted by molar-refractivity contribution is -0.147. The summed E-state index contributed by atoms with van der Waals surface area (Å²) in [6, 6.07) is -2.37. The number of esters is 1. The highest BCUT2D eigenvalue weighted by molar-refractivity contribution is 7.90. The predicted octanol–water partition coefficient (Wildman–Crippen LogP) is 2.60. The summed E-state index contributed by atoms with van der Waals surface area (Å²) < 4.78 is 60.3. The molecular formula is C32H51N5O13SSi2. The average molecular weight is 802 g/mol. The standard InChI is InChI=1S/C32H51N5O13SSi2/c1-14-46-22(39)17-35-21(38)16-37(29(35)43)27(41)33-20-18-51(44,45)50-32(20)23(48-52(10,11)30(3,4)5)25(36-15-19(2)24(40)34(9)28(36)42)47-26(32)49-53(12,13)31(6,7)8/h15,18,23,25-26H,14,16-17H2,1-13H3,(H,33,41)/t23?,25-,26?,32?/m1/s1. The number of nitrogens with one attached hydrogen (secondary N) is 1. The van der Waals surface area contributed by atoms with Gasteiger partial charge in [0.25, 0.3) is 21.6 Å². The van der Waals surface area contributed by atoms with Gasteiger partial charge in [-0.05, 0) is 50.1 Å². The van der Waals surface area contributed by atoms with Crippen LogP contribution in [0.25, 0.3) is 0 Å². The number of hydrogen-bond donors (Lipinski definition) is 1. The number of aryl methyl sites for hydroxylation is 1. The molecule has 4 heterocycles. The van der Waals surface area contributed by atoms with Crippen molar-refractivity contribution in [3.05, 3.63) is 43.7 Å². The van der Waals surface area contributed by atoms with E-state index < -0.39 is 115 Å². The first-order valence-corrected chi connectivity index (χ1v) is 24.4. The van der Waals surface area contributed by atoms with E-state index in [1.54, 1.807) is 6.92 Å². The molecule has 0 saturated carbocycles. The van der Waals surface area contributed by atoms with Gasteiger partial charge in [0.2, 0.25) is 5.60 Å². The smallest absolute Gasteiger partial charge is 0.335 e. The van der Waals surface area contributed by atoms with Crippen LogP contribution in [0.2, 0.25) is 36.3 Å². The Bertz CT molecular complexity index is 1960. The Morgan fingerprint density at radius 2 is 1.57 bits per heavy atom. The molecule has 3 aliphatic rings. The summed E-state index contributed by atoms with van der Waals surface area (Å²) in [7, 11) is -9.32. The third-order valence-electron chi connectivity index (χ3n) is 10.6. The highest BCUT2D eigenvalue weighted by atomic mass is 32.2. The molecule has 1 aromatic rings. The Morgan fingerprint density at radius 1 is 1.00 bits per heavy atom. The third-order valence-corrected chi connectivity index (χ3v) is 20.5. The van der Waals surface area contributed by atoms with Gasteiger partial charge >= 0.3 is 23.7 Å². The van der Waals surface area contributed by atoms with Crippen molar-refractivity contribution < 1.29 is 50.1 Å². The lowest BCUT2D eigenvalue weighted by Crippen LogP contribution is -2.61. The molecule has 18 nitrogen and oxygen atoms in total. The molecule has 2 saturated heterocycles. The molecule has 0 bridgehead atoms. The molecular weight excluding hydrogens is 751 g/mol. The molecule has 3 aliphatic heterocycles. The van der Waals surface area contributed by atoms with Crippen LogP contribution in [-0.4, -0.2) is 106 Å². The van der Waals surface area contributed by atoms with Crippen LogP contribution >= 0.6 is 0 Å². The van der Waals surface area contributed by atoms with E-state index in [4.69, 9.17) is 22.5 Å². The maximum absolute atomic E-state index is 13.9. The van der Waals surface area contributed by atoms with Crippen molar-refractivity contribution in [2.75, 3.05) is 19.7 Å². The Kier molecular flexibility index (Phi) is 11.2. The van der Waals surface area contributed by atoms with Crippen LogP contribution in [0.4, 0.5) is 9.59 Å². The quantitative estimate of drug-likeness (QED) is 0.165. The fourth-order valence-corrected chi connectivity index (χ4v) is 9.07. The molecule has 4 atom stereocenters. The summed E-state index contributed by atoms with van der Waals surface area (Å²) in [5.41, 5.74) is -4.00. The number of nitrogens with zero attached hydrogens (tertiary/aromatic N) is 4. The number of rotatable bonds is 9. The second-order valence-electron chi connectivity index (χ2n) is 16.4. The van der Waals surface area contributed by atoms with Crippen molar-refractivity contribution in [2.24, 2.45) is 7.05 Å². The molecule has 21 heteroatoms. The first-order valence-electron chi connectivity index (χ1n) is 17.1. The van der Waals surface area contributed by atoms with E-state index in [9.17, 15) is 37.2 Å². The van der Waals surface area contributed by atoms with Crippen LogP contribution in [0.1, 0.15) is 60.3 Å². The molecule has 5 amide bonds. The summed E-state index contributed by atoms with van der Waals surface area (Å²) in [5, 5.41) is 2.13. The van der Waals surface area contributed by atoms with E-state index in [2.05, 4.69) is 5.32 Å². The number of carbonyl (C=O) groups is 4. The van der Waals surface area contributed by atoms with Crippen LogP contribution in [-0.2, 0) is 49.3 Å². The van der Waals surface area contributed by atoms with Gasteiger partial charge in [0.05, 0.1) is 17.7 Å². The number of aromatic nitrogens is 2. The molecule has 1 N–H and O–H groups in total. The maximum Gasteiger partial charge on any atom is 0.335 e. The van der Waals surface area contributed by atoms with Crippen LogP contribution in [0, 0.1) is 6.92 Å². The predicted molar refractivity (Wildman–Crippen MR) is 195 cm³/mol. The summed E-state index contributed by atoms with van der Waals surface area (Å²) in [6.07, 6.45) is -3.40. The van der Waals surface area contributed by atoms with Gasteiger partial charge in [-0.3, -0.25) is 28.4 Å². The number of amides is 5. The highest BCUT2D eigenvalue weighted by Crippen LogP contribution is 2.54. The minimum atomic E-state index is -4.67. The first-order chi connectivity index (χ1) is 24.0. The van der Waals surface area contributed by atoms with Crippen LogP contribution < -0.4 is 16.6 Å². The van der Waals surface area contributed by atoms with Crippen molar-refractivity contribution >= 4 is 50.7 Å². The van der Waals surface area contributed by atoms with Crippen LogP contribution in [0.15, 0.2) is 26.9 Å². The molecule has 4 rings (SSSR count). The van der Waals surface area contributed by atoms with E-state index in [0.717, 1.165) is 9.13 Å². The number of carbonyl (C=O) groups excluding carboxylic acids is 4. The number of urea groups is 2. The van der Waals surface area contributed by atoms with Crippen LogP contribution in [0.3, 0.4) is 0 Å². The zero-order valence-corrected chi connectivity index (χ0v) is 35.3. The lowest BCUT2D eigenvalue weighted by atomic mass is 9.93. The van der Waals surface area contributed by atoms with Crippen molar-refractivity contribution in [2.45, 2.75) is 116 Å². The zero-order valence-electron chi connectivity index (χ0n) is 32.5. The SMILES string of the molecule is CCOC(=O)CN1C(=O)CN(C(=O)NC2=CS(=O)(=O)OC23C(O[Si](C)(C)C(C)(C)C)O[C@@H](n2cc(C)c(=O)n(C)c2=O)C3O[Si](C)(C)C(C)(C)C)C1=O. The van der Waals surface area contributed by atoms with Gasteiger partial charge in [-0.1, -0.05) is 41.5 Å². The molecule has 53 heavy (non-hydrogen) atoms. The second-order valence-corrected chi connectivity index (χ2v) is 27.3. The molecule has 0 radical (unpaired) electrons. The summed E-state index contributed by atoms with van der Waals surface area (Å²) >= 11 is 0. The van der Waals surface area contributed by atoms with Gasteiger partial charge in [-0.15, -0.1) is 0 Å². The largest absolute Gasteiger partial charge is 0.465 e. The minimum absolute atomic E-state index is 0.00571. The Hall–Kier alpha value is -3.48. The Labute approximate surface area is 310 Å². The molecule has 1 aromatic heterocycles. The molecule has 1 spiro atoms. The summed E-state index contributed by atoms with van der Waals surface area (Å²) in [6.45, 7) is 20.7. The van der Waals surface area contributed by atoms with Crippen molar-refractivity contribution in [3.8, 4) is 0 Å². The van der Waals surface area contributed by atoms with E-state index in [-0.39, 0.29) is 12.2 Å². The van der Waals surface area contributed by atoms with E-state index in [1.165, 1.54) is 20.2 Å². The van der Waals surface area contributed by atoms with E-state index >= 15 is 0 Å². The summed E-state index contributed by atoms with van der Waals surface area (Å²) in [4.78, 5) is 79.7. The van der Waals surface area contributed by atoms with Crippen LogP contribution in [0.5, 0.6) is 0 Å². The monoisotopic (exact) mass is 801 g/mol. The average Bonchev–Trinajstić information content (AvgIpc) is 3.55. The van der Waals surface area contributed by atoms with Gasteiger partial charge in [-0.25, -0.2) is 23.5 Å². The van der Waals surface area contributed by atoms with Crippen molar-refractivity contribution in [1.29, 1.82) is 0 Å². The highest BCUT2D eigenvalue weighted by Gasteiger charge is 2.70. The topological polar surface area (TPSA) is 211 Å². The molecule has 296 valence electrons. The number of imide groups is 2. The van der Waals surface area contributed by atoms with Gasteiger partial charge in [0.15, 0.2) is 29.2 Å². The second kappa shape index (κ2) is 14.0.